The highest BCUT2D eigenvalue weighted by molar-refractivity contribution is 6.25. The van der Waals surface area contributed by atoms with Crippen LogP contribution in [0.2, 0.25) is 0 Å². The molecule has 1 fully saturated rings. The number of nitrogens with one attached hydrogen (secondary N) is 3. The fourth-order valence-corrected chi connectivity index (χ4v) is 4.90. The molecule has 1 aromatic heterocycles. The smallest absolute Gasteiger partial charge is 0.133 e. The zero-order chi connectivity index (χ0) is 23.7. The minimum atomic E-state index is -0.763. The van der Waals surface area contributed by atoms with E-state index in [0.29, 0.717) is 40.4 Å². The van der Waals surface area contributed by atoms with E-state index in [4.69, 9.17) is 10.8 Å². The van der Waals surface area contributed by atoms with Crippen molar-refractivity contribution in [3.05, 3.63) is 47.7 Å². The van der Waals surface area contributed by atoms with Crippen molar-refractivity contribution in [3.8, 4) is 11.1 Å². The van der Waals surface area contributed by atoms with Crippen LogP contribution >= 0.6 is 0 Å². The van der Waals surface area contributed by atoms with Gasteiger partial charge in [0, 0.05) is 30.1 Å². The van der Waals surface area contributed by atoms with Crippen LogP contribution in [-0.2, 0) is 6.54 Å². The lowest BCUT2D eigenvalue weighted by Crippen LogP contribution is -2.55. The van der Waals surface area contributed by atoms with Crippen molar-refractivity contribution >= 4 is 33.9 Å². The number of hydrogen-bond acceptors (Lipinski definition) is 3. The first-order chi connectivity index (χ1) is 15.6. The molecule has 172 valence electrons. The second-order valence-corrected chi connectivity index (χ2v) is 9.79. The lowest BCUT2D eigenvalue weighted by Gasteiger charge is -2.43. The van der Waals surface area contributed by atoms with Crippen LogP contribution in [0.25, 0.3) is 22.0 Å². The van der Waals surface area contributed by atoms with Gasteiger partial charge in [-0.25, -0.2) is 8.78 Å². The van der Waals surface area contributed by atoms with Crippen LogP contribution in [0.5, 0.6) is 0 Å². The molecule has 3 N–H and O–H groups in total. The lowest BCUT2D eigenvalue weighted by atomic mass is 9.90. The molecule has 0 saturated heterocycles. The van der Waals surface area contributed by atoms with E-state index in [0.717, 1.165) is 17.4 Å². The number of aromatic nitrogens is 1. The maximum Gasteiger partial charge on any atom is 0.133 e. The fourth-order valence-electron chi connectivity index (χ4n) is 4.90. The molecule has 0 spiro atoms. The molecule has 1 aliphatic heterocycles. The molecule has 7 heteroatoms. The monoisotopic (exact) mass is 449 g/mol. The normalized spacial score (nSPS) is 17.3. The number of rotatable bonds is 4. The summed E-state index contributed by atoms with van der Waals surface area (Å²) in [5, 5.41) is 21.3. The predicted molar refractivity (Wildman–Crippen MR) is 131 cm³/mol. The highest BCUT2D eigenvalue weighted by atomic mass is 19.1. The molecule has 3 aromatic rings. The van der Waals surface area contributed by atoms with Gasteiger partial charge >= 0.3 is 0 Å². The third kappa shape index (κ3) is 3.41. The Balaban J connectivity index is 1.75. The molecular weight excluding hydrogens is 420 g/mol. The van der Waals surface area contributed by atoms with Crippen LogP contribution in [0.3, 0.4) is 0 Å². The van der Waals surface area contributed by atoms with Crippen molar-refractivity contribution in [2.75, 3.05) is 10.2 Å². The molecular formula is C26H29F2N5. The Kier molecular flexibility index (Phi) is 4.85. The third-order valence-electron chi connectivity index (χ3n) is 6.86. The van der Waals surface area contributed by atoms with Crippen molar-refractivity contribution in [1.82, 2.24) is 4.57 Å². The molecule has 1 aliphatic carbocycles. The zero-order valence-corrected chi connectivity index (χ0v) is 19.4. The molecule has 1 saturated carbocycles. The van der Waals surface area contributed by atoms with E-state index in [2.05, 4.69) is 9.88 Å². The number of halogens is 2. The van der Waals surface area contributed by atoms with Gasteiger partial charge in [-0.3, -0.25) is 15.7 Å². The van der Waals surface area contributed by atoms with Crippen molar-refractivity contribution in [2.45, 2.75) is 59.0 Å². The van der Waals surface area contributed by atoms with Gasteiger partial charge in [0.1, 0.15) is 23.3 Å². The Hall–Kier alpha value is -3.22. The first kappa shape index (κ1) is 21.6. The number of amidine groups is 2. The summed E-state index contributed by atoms with van der Waals surface area (Å²) in [6.07, 6.45) is 4.76. The molecule has 33 heavy (non-hydrogen) atoms. The van der Waals surface area contributed by atoms with Crippen molar-refractivity contribution in [2.24, 2.45) is 5.92 Å². The maximum absolute atomic E-state index is 15.7. The van der Waals surface area contributed by atoms with Gasteiger partial charge in [-0.05, 0) is 74.9 Å². The Morgan fingerprint density at radius 1 is 1.21 bits per heavy atom. The largest absolute Gasteiger partial charge is 0.371 e. The zero-order valence-electron chi connectivity index (χ0n) is 19.4. The van der Waals surface area contributed by atoms with Crippen LogP contribution < -0.4 is 10.2 Å². The molecule has 2 heterocycles. The van der Waals surface area contributed by atoms with Crippen molar-refractivity contribution < 1.29 is 8.78 Å². The second kappa shape index (κ2) is 7.40. The molecule has 0 radical (unpaired) electrons. The standard InChI is InChI=1S/C26H29F2N5/c1-5-22(29)33-24-14(2)23(19(28)12-20(24)31-26(3,4)25(33)30)18-10-16(27)11-21-17(18)8-9-32(21)13-15-6-7-15/h8-12,15,29-31H,5-7,13H2,1-4H3. The molecule has 5 nitrogen and oxygen atoms in total. The molecule has 0 bridgehead atoms. The number of nitrogens with zero attached hydrogens (tertiary/aromatic N) is 2. The summed E-state index contributed by atoms with van der Waals surface area (Å²) in [5.74, 6) is 0.255. The minimum Gasteiger partial charge on any atom is -0.371 e. The first-order valence-corrected chi connectivity index (χ1v) is 11.5. The van der Waals surface area contributed by atoms with Gasteiger partial charge in [-0.1, -0.05) is 6.92 Å². The molecule has 2 aromatic carbocycles. The van der Waals surface area contributed by atoms with Crippen LogP contribution in [0.4, 0.5) is 20.2 Å². The van der Waals surface area contributed by atoms with Gasteiger partial charge in [0.2, 0.25) is 0 Å². The van der Waals surface area contributed by atoms with E-state index in [-0.39, 0.29) is 11.7 Å². The van der Waals surface area contributed by atoms with Crippen LogP contribution in [0.15, 0.2) is 30.5 Å². The van der Waals surface area contributed by atoms with Crippen molar-refractivity contribution in [3.63, 3.8) is 0 Å². The lowest BCUT2D eigenvalue weighted by molar-refractivity contribution is 0.620. The second-order valence-electron chi connectivity index (χ2n) is 9.79. The number of fused-ring (bicyclic) bond motifs is 2. The van der Waals surface area contributed by atoms with E-state index < -0.39 is 17.2 Å². The number of hydrogen-bond donors (Lipinski definition) is 3. The summed E-state index contributed by atoms with van der Waals surface area (Å²) in [5.41, 5.74) is 2.50. The summed E-state index contributed by atoms with van der Waals surface area (Å²) >= 11 is 0. The van der Waals surface area contributed by atoms with Gasteiger partial charge in [0.25, 0.3) is 0 Å². The van der Waals surface area contributed by atoms with Gasteiger partial charge in [-0.15, -0.1) is 0 Å². The quantitative estimate of drug-likeness (QED) is 0.307. The number of anilines is 2. The van der Waals surface area contributed by atoms with E-state index >= 15 is 4.39 Å². The Morgan fingerprint density at radius 2 is 1.94 bits per heavy atom. The molecule has 0 amide bonds. The third-order valence-corrected chi connectivity index (χ3v) is 6.86. The summed E-state index contributed by atoms with van der Waals surface area (Å²) < 4.78 is 32.5. The van der Waals surface area contributed by atoms with Crippen LogP contribution in [0, 0.1) is 35.3 Å². The molecule has 2 aliphatic rings. The van der Waals surface area contributed by atoms with Gasteiger partial charge in [0.05, 0.1) is 22.4 Å². The van der Waals surface area contributed by atoms with E-state index in [1.165, 1.54) is 31.0 Å². The topological polar surface area (TPSA) is 67.9 Å². The van der Waals surface area contributed by atoms with Crippen LogP contribution in [-0.4, -0.2) is 21.8 Å². The van der Waals surface area contributed by atoms with Gasteiger partial charge < -0.3 is 9.88 Å². The fraction of sp³-hybridized carbons (Fsp3) is 0.385. The van der Waals surface area contributed by atoms with Gasteiger partial charge in [-0.2, -0.15) is 0 Å². The average molecular weight is 450 g/mol. The summed E-state index contributed by atoms with van der Waals surface area (Å²) in [6, 6.07) is 6.26. The van der Waals surface area contributed by atoms with Gasteiger partial charge in [0.15, 0.2) is 0 Å². The first-order valence-electron chi connectivity index (χ1n) is 11.5. The Morgan fingerprint density at radius 3 is 2.61 bits per heavy atom. The molecule has 0 unspecified atom stereocenters. The Bertz CT molecular complexity index is 1320. The highest BCUT2D eigenvalue weighted by Gasteiger charge is 2.39. The molecule has 5 rings (SSSR count). The van der Waals surface area contributed by atoms with E-state index in [1.807, 2.05) is 33.0 Å². The number of benzene rings is 2. The predicted octanol–water partition coefficient (Wildman–Crippen LogP) is 6.68. The van der Waals surface area contributed by atoms with E-state index in [1.54, 1.807) is 11.8 Å². The van der Waals surface area contributed by atoms with Crippen LogP contribution in [0.1, 0.15) is 45.6 Å². The Labute approximate surface area is 192 Å². The SMILES string of the molecule is CCC(=N)N1C(=N)C(C)(C)Nc2cc(F)c(-c3cc(F)cc4c3ccn4CC3CC3)c(C)c21. The summed E-state index contributed by atoms with van der Waals surface area (Å²) in [6.45, 7) is 8.18. The molecule has 0 atom stereocenters. The average Bonchev–Trinajstić information content (AvgIpc) is 3.48. The summed E-state index contributed by atoms with van der Waals surface area (Å²) in [7, 11) is 0. The van der Waals surface area contributed by atoms with Crippen molar-refractivity contribution in [1.29, 1.82) is 10.8 Å². The minimum absolute atomic E-state index is 0.225. The summed E-state index contributed by atoms with van der Waals surface area (Å²) in [4.78, 5) is 1.60. The highest BCUT2D eigenvalue weighted by Crippen LogP contribution is 2.45. The maximum atomic E-state index is 15.7. The van der Waals surface area contributed by atoms with E-state index in [9.17, 15) is 4.39 Å².